The van der Waals surface area contributed by atoms with E-state index in [2.05, 4.69) is 17.4 Å². The van der Waals surface area contributed by atoms with Crippen LogP contribution in [-0.2, 0) is 11.2 Å². The molecule has 2 aliphatic rings. The summed E-state index contributed by atoms with van der Waals surface area (Å²) in [6.07, 6.45) is 5.83. The van der Waals surface area contributed by atoms with E-state index < -0.39 is 0 Å². The Bertz CT molecular complexity index is 672. The second kappa shape index (κ2) is 6.24. The summed E-state index contributed by atoms with van der Waals surface area (Å²) in [5, 5.41) is 8.51. The van der Waals surface area contributed by atoms with Crippen molar-refractivity contribution >= 4 is 5.82 Å². The van der Waals surface area contributed by atoms with Crippen LogP contribution in [0.3, 0.4) is 0 Å². The van der Waals surface area contributed by atoms with Gasteiger partial charge in [-0.3, -0.25) is 0 Å². The van der Waals surface area contributed by atoms with Gasteiger partial charge in [0.1, 0.15) is 17.7 Å². The van der Waals surface area contributed by atoms with E-state index in [1.54, 1.807) is 7.11 Å². The molecule has 1 fully saturated rings. The first-order chi connectivity index (χ1) is 11.4. The molecule has 0 aliphatic carbocycles. The van der Waals surface area contributed by atoms with Gasteiger partial charge in [0.15, 0.2) is 0 Å². The molecule has 0 amide bonds. The molecule has 1 aromatic heterocycles. The molecular formula is C18H23N3O2. The minimum Gasteiger partial charge on any atom is -0.497 e. The Hall–Kier alpha value is -2.01. The maximum atomic E-state index is 5.91. The first-order valence-electron chi connectivity index (χ1n) is 8.48. The molecular weight excluding hydrogens is 290 g/mol. The van der Waals surface area contributed by atoms with Crippen LogP contribution in [0.15, 0.2) is 24.3 Å². The Morgan fingerprint density at radius 3 is 2.83 bits per heavy atom. The molecule has 3 heterocycles. The van der Waals surface area contributed by atoms with E-state index in [1.165, 1.54) is 18.4 Å². The fourth-order valence-electron chi connectivity index (χ4n) is 3.49. The maximum absolute atomic E-state index is 5.91. The molecule has 1 unspecified atom stereocenters. The molecule has 23 heavy (non-hydrogen) atoms. The quantitative estimate of drug-likeness (QED) is 0.942. The van der Waals surface area contributed by atoms with Gasteiger partial charge in [0, 0.05) is 18.7 Å². The largest absolute Gasteiger partial charge is 0.497 e. The summed E-state index contributed by atoms with van der Waals surface area (Å²) in [5.41, 5.74) is 3.52. The Morgan fingerprint density at radius 2 is 2.09 bits per heavy atom. The highest BCUT2D eigenvalue weighted by Gasteiger charge is 2.28. The number of hydrogen-bond donors (Lipinski definition) is 1. The summed E-state index contributed by atoms with van der Waals surface area (Å²) in [5.74, 6) is 2.00. The highest BCUT2D eigenvalue weighted by molar-refractivity contribution is 5.55. The first kappa shape index (κ1) is 14.6. The maximum Gasteiger partial charge on any atom is 0.133 e. The molecule has 0 bridgehead atoms. The lowest BCUT2D eigenvalue weighted by atomic mass is 10.0. The van der Waals surface area contributed by atoms with Crippen molar-refractivity contribution in [1.29, 1.82) is 0 Å². The van der Waals surface area contributed by atoms with Crippen LogP contribution in [0.4, 0.5) is 5.82 Å². The van der Waals surface area contributed by atoms with Crippen molar-refractivity contribution in [3.63, 3.8) is 0 Å². The van der Waals surface area contributed by atoms with E-state index in [4.69, 9.17) is 14.6 Å². The number of methoxy groups -OCH3 is 1. The number of rotatable bonds is 3. The lowest BCUT2D eigenvalue weighted by molar-refractivity contribution is 0.107. The van der Waals surface area contributed by atoms with Gasteiger partial charge in [-0.1, -0.05) is 0 Å². The van der Waals surface area contributed by atoms with Crippen molar-refractivity contribution in [3.05, 3.63) is 35.5 Å². The van der Waals surface area contributed by atoms with Crippen molar-refractivity contribution in [2.24, 2.45) is 0 Å². The normalized spacial score (nSPS) is 20.7. The topological polar surface area (TPSA) is 48.3 Å². The second-order valence-corrected chi connectivity index (χ2v) is 6.21. The second-order valence-electron chi connectivity index (χ2n) is 6.21. The van der Waals surface area contributed by atoms with E-state index in [0.29, 0.717) is 0 Å². The predicted octanol–water partition coefficient (Wildman–Crippen LogP) is 3.48. The molecule has 122 valence electrons. The standard InChI is InChI=1S/C18H23N3O2/c1-22-14-9-7-13(8-10-14)21-18-15(5-2-3-11-19-18)17(20-21)16-6-4-12-23-16/h7-10,16,19H,2-6,11-12H2,1H3. The van der Waals surface area contributed by atoms with Crippen LogP contribution in [0, 0.1) is 0 Å². The minimum absolute atomic E-state index is 0.156. The van der Waals surface area contributed by atoms with Gasteiger partial charge in [-0.2, -0.15) is 5.10 Å². The SMILES string of the molecule is COc1ccc(-n2nc(C3CCCO3)c3c2NCCCC3)cc1. The average molecular weight is 313 g/mol. The number of benzene rings is 1. The molecule has 2 aromatic rings. The van der Waals surface area contributed by atoms with Crippen LogP contribution in [0.25, 0.3) is 5.69 Å². The third kappa shape index (κ3) is 2.70. The van der Waals surface area contributed by atoms with Crippen LogP contribution >= 0.6 is 0 Å². The molecule has 5 nitrogen and oxygen atoms in total. The van der Waals surface area contributed by atoms with Crippen LogP contribution in [0.5, 0.6) is 5.75 Å². The highest BCUT2D eigenvalue weighted by Crippen LogP contribution is 2.36. The fourth-order valence-corrected chi connectivity index (χ4v) is 3.49. The zero-order chi connectivity index (χ0) is 15.6. The number of fused-ring (bicyclic) bond motifs is 1. The van der Waals surface area contributed by atoms with Crippen LogP contribution in [0.1, 0.15) is 43.0 Å². The van der Waals surface area contributed by atoms with E-state index >= 15 is 0 Å². The number of nitrogens with zero attached hydrogens (tertiary/aromatic N) is 2. The Morgan fingerprint density at radius 1 is 1.22 bits per heavy atom. The third-order valence-electron chi connectivity index (χ3n) is 4.71. The van der Waals surface area contributed by atoms with Gasteiger partial charge < -0.3 is 14.8 Å². The molecule has 0 saturated carbocycles. The summed E-state index contributed by atoms with van der Waals surface area (Å²) < 4.78 is 13.2. The van der Waals surface area contributed by atoms with Crippen molar-refractivity contribution in [2.75, 3.05) is 25.6 Å². The molecule has 1 N–H and O–H groups in total. The monoisotopic (exact) mass is 313 g/mol. The van der Waals surface area contributed by atoms with Gasteiger partial charge in [0.25, 0.3) is 0 Å². The van der Waals surface area contributed by atoms with Crippen molar-refractivity contribution in [1.82, 2.24) is 9.78 Å². The average Bonchev–Trinajstić information content (AvgIpc) is 3.17. The van der Waals surface area contributed by atoms with Crippen molar-refractivity contribution < 1.29 is 9.47 Å². The predicted molar refractivity (Wildman–Crippen MR) is 89.5 cm³/mol. The van der Waals surface area contributed by atoms with Gasteiger partial charge in [-0.05, 0) is 56.4 Å². The zero-order valence-corrected chi connectivity index (χ0v) is 13.5. The third-order valence-corrected chi connectivity index (χ3v) is 4.71. The first-order valence-corrected chi connectivity index (χ1v) is 8.48. The summed E-state index contributed by atoms with van der Waals surface area (Å²) in [7, 11) is 1.69. The lowest BCUT2D eigenvalue weighted by Crippen LogP contribution is -2.07. The number of hydrogen-bond acceptors (Lipinski definition) is 4. The fraction of sp³-hybridized carbons (Fsp3) is 0.500. The summed E-state index contributed by atoms with van der Waals surface area (Å²) in [6, 6.07) is 8.06. The van der Waals surface area contributed by atoms with E-state index in [-0.39, 0.29) is 6.10 Å². The summed E-state index contributed by atoms with van der Waals surface area (Å²) in [4.78, 5) is 0. The van der Waals surface area contributed by atoms with E-state index in [0.717, 1.165) is 55.4 Å². The van der Waals surface area contributed by atoms with Crippen molar-refractivity contribution in [2.45, 2.75) is 38.2 Å². The molecule has 1 atom stereocenters. The van der Waals surface area contributed by atoms with Gasteiger partial charge in [0.05, 0.1) is 18.5 Å². The number of ether oxygens (including phenoxy) is 2. The van der Waals surface area contributed by atoms with Crippen LogP contribution < -0.4 is 10.1 Å². The number of anilines is 1. The highest BCUT2D eigenvalue weighted by atomic mass is 16.5. The van der Waals surface area contributed by atoms with Crippen LogP contribution in [0.2, 0.25) is 0 Å². The summed E-state index contributed by atoms with van der Waals surface area (Å²) >= 11 is 0. The minimum atomic E-state index is 0.156. The van der Waals surface area contributed by atoms with Gasteiger partial charge in [-0.15, -0.1) is 0 Å². The smallest absolute Gasteiger partial charge is 0.133 e. The molecule has 0 radical (unpaired) electrons. The summed E-state index contributed by atoms with van der Waals surface area (Å²) in [6.45, 7) is 1.85. The molecule has 5 heteroatoms. The van der Waals surface area contributed by atoms with Crippen LogP contribution in [-0.4, -0.2) is 30.0 Å². The zero-order valence-electron chi connectivity index (χ0n) is 13.5. The number of nitrogens with one attached hydrogen (secondary N) is 1. The van der Waals surface area contributed by atoms with E-state index in [1.807, 2.05) is 16.8 Å². The Kier molecular flexibility index (Phi) is 3.95. The molecule has 0 spiro atoms. The van der Waals surface area contributed by atoms with Gasteiger partial charge in [0.2, 0.25) is 0 Å². The van der Waals surface area contributed by atoms with Crippen molar-refractivity contribution in [3.8, 4) is 11.4 Å². The van der Waals surface area contributed by atoms with Gasteiger partial charge in [-0.25, -0.2) is 4.68 Å². The molecule has 1 saturated heterocycles. The lowest BCUT2D eigenvalue weighted by Gasteiger charge is -2.09. The van der Waals surface area contributed by atoms with E-state index in [9.17, 15) is 0 Å². The van der Waals surface area contributed by atoms with Gasteiger partial charge >= 0.3 is 0 Å². The molecule has 4 rings (SSSR count). The molecule has 1 aromatic carbocycles. The molecule has 2 aliphatic heterocycles. The Balaban J connectivity index is 1.78. The Labute approximate surface area is 136 Å². The number of aromatic nitrogens is 2.